The van der Waals surface area contributed by atoms with Gasteiger partial charge in [0.15, 0.2) is 0 Å². The summed E-state index contributed by atoms with van der Waals surface area (Å²) in [5.41, 5.74) is 11.5. The van der Waals surface area contributed by atoms with Crippen molar-refractivity contribution in [2.45, 2.75) is 18.9 Å². The van der Waals surface area contributed by atoms with E-state index in [9.17, 15) is 0 Å². The highest BCUT2D eigenvalue weighted by Gasteiger charge is 2.15. The first-order valence-corrected chi connectivity index (χ1v) is 3.25. The molecule has 1 rings (SSSR count). The molecule has 1 atom stereocenters. The van der Waals surface area contributed by atoms with Crippen LogP contribution in [0.25, 0.3) is 0 Å². The summed E-state index contributed by atoms with van der Waals surface area (Å²) >= 11 is 0. The largest absolute Gasteiger partial charge is 0.403 e. The Bertz CT molecular complexity index is 113. The lowest BCUT2D eigenvalue weighted by atomic mass is 10.2. The molecule has 0 radical (unpaired) electrons. The molecule has 5 N–H and O–H groups in total. The molecule has 9 heavy (non-hydrogen) atoms. The van der Waals surface area contributed by atoms with E-state index in [4.69, 9.17) is 11.5 Å². The summed E-state index contributed by atoms with van der Waals surface area (Å²) in [5, 5.41) is 3.23. The van der Waals surface area contributed by atoms with Gasteiger partial charge in [-0.25, -0.2) is 0 Å². The van der Waals surface area contributed by atoms with Gasteiger partial charge in [-0.05, 0) is 19.4 Å². The Kier molecular flexibility index (Phi) is 1.95. The minimum atomic E-state index is 0.343. The predicted octanol–water partition coefficient (Wildman–Crippen LogP) is -0.503. The number of hydrogen-bond donors (Lipinski definition) is 3. The van der Waals surface area contributed by atoms with Crippen molar-refractivity contribution in [1.29, 1.82) is 0 Å². The SMILES string of the molecule is N/C=C(/N)C1CCCN1. The zero-order valence-corrected chi connectivity index (χ0v) is 5.43. The fraction of sp³-hybridized carbons (Fsp3) is 0.667. The molecule has 1 saturated heterocycles. The van der Waals surface area contributed by atoms with E-state index in [0.717, 1.165) is 18.7 Å². The minimum absolute atomic E-state index is 0.343. The molecule has 0 aromatic rings. The third-order valence-electron chi connectivity index (χ3n) is 1.66. The quantitative estimate of drug-likeness (QED) is 0.445. The molecule has 3 nitrogen and oxygen atoms in total. The Morgan fingerprint density at radius 2 is 2.44 bits per heavy atom. The Balaban J connectivity index is 2.42. The lowest BCUT2D eigenvalue weighted by molar-refractivity contribution is 0.680. The second-order valence-electron chi connectivity index (χ2n) is 2.32. The minimum Gasteiger partial charge on any atom is -0.403 e. The summed E-state index contributed by atoms with van der Waals surface area (Å²) in [6.07, 6.45) is 3.81. The van der Waals surface area contributed by atoms with Crippen molar-refractivity contribution < 1.29 is 0 Å². The van der Waals surface area contributed by atoms with Crippen LogP contribution in [0.3, 0.4) is 0 Å². The molecule has 3 heteroatoms. The maximum Gasteiger partial charge on any atom is 0.0482 e. The first-order chi connectivity index (χ1) is 4.34. The Labute approximate surface area is 55.1 Å². The lowest BCUT2D eigenvalue weighted by Crippen LogP contribution is -2.28. The van der Waals surface area contributed by atoms with Gasteiger partial charge in [-0.2, -0.15) is 0 Å². The van der Waals surface area contributed by atoms with Gasteiger partial charge < -0.3 is 16.8 Å². The molecule has 0 saturated carbocycles. The average Bonchev–Trinajstić information content (AvgIpc) is 2.37. The molecular formula is C6H13N3. The highest BCUT2D eigenvalue weighted by Crippen LogP contribution is 2.08. The van der Waals surface area contributed by atoms with E-state index < -0.39 is 0 Å². The van der Waals surface area contributed by atoms with Crippen molar-refractivity contribution in [1.82, 2.24) is 5.32 Å². The Hall–Kier alpha value is -0.700. The summed E-state index contributed by atoms with van der Waals surface area (Å²) in [6, 6.07) is 0.343. The molecule has 0 bridgehead atoms. The smallest absolute Gasteiger partial charge is 0.0482 e. The molecule has 0 spiro atoms. The zero-order valence-electron chi connectivity index (χ0n) is 5.43. The molecule has 1 aliphatic heterocycles. The van der Waals surface area contributed by atoms with E-state index in [2.05, 4.69) is 5.32 Å². The van der Waals surface area contributed by atoms with Crippen LogP contribution in [0, 0.1) is 0 Å². The van der Waals surface area contributed by atoms with E-state index in [1.165, 1.54) is 12.6 Å². The first kappa shape index (κ1) is 6.42. The molecule has 0 amide bonds. The zero-order chi connectivity index (χ0) is 6.69. The van der Waals surface area contributed by atoms with Crippen molar-refractivity contribution in [3.05, 3.63) is 11.9 Å². The predicted molar refractivity (Wildman–Crippen MR) is 37.5 cm³/mol. The van der Waals surface area contributed by atoms with Crippen LogP contribution in [0.4, 0.5) is 0 Å². The van der Waals surface area contributed by atoms with Gasteiger partial charge in [0.1, 0.15) is 0 Å². The third-order valence-corrected chi connectivity index (χ3v) is 1.66. The molecule has 1 heterocycles. The summed E-state index contributed by atoms with van der Waals surface area (Å²) in [5.74, 6) is 0. The van der Waals surface area contributed by atoms with Crippen LogP contribution in [0.1, 0.15) is 12.8 Å². The van der Waals surface area contributed by atoms with Crippen molar-refractivity contribution in [3.8, 4) is 0 Å². The highest BCUT2D eigenvalue weighted by atomic mass is 15.0. The average molecular weight is 127 g/mol. The fourth-order valence-electron chi connectivity index (χ4n) is 1.09. The van der Waals surface area contributed by atoms with E-state index in [1.807, 2.05) is 0 Å². The fourth-order valence-corrected chi connectivity index (χ4v) is 1.09. The van der Waals surface area contributed by atoms with E-state index in [-0.39, 0.29) is 0 Å². The van der Waals surface area contributed by atoms with Crippen molar-refractivity contribution in [2.75, 3.05) is 6.54 Å². The molecule has 1 unspecified atom stereocenters. The van der Waals surface area contributed by atoms with Crippen LogP contribution >= 0.6 is 0 Å². The van der Waals surface area contributed by atoms with Gasteiger partial charge in [0, 0.05) is 17.9 Å². The van der Waals surface area contributed by atoms with Crippen molar-refractivity contribution >= 4 is 0 Å². The number of nitrogens with two attached hydrogens (primary N) is 2. The summed E-state index contributed by atoms with van der Waals surface area (Å²) in [7, 11) is 0. The molecule has 1 fully saturated rings. The third kappa shape index (κ3) is 1.36. The molecular weight excluding hydrogens is 114 g/mol. The maximum absolute atomic E-state index is 5.55. The van der Waals surface area contributed by atoms with Crippen molar-refractivity contribution in [3.63, 3.8) is 0 Å². The first-order valence-electron chi connectivity index (χ1n) is 3.25. The van der Waals surface area contributed by atoms with Gasteiger partial charge in [-0.15, -0.1) is 0 Å². The molecule has 0 aromatic heterocycles. The Morgan fingerprint density at radius 3 is 2.89 bits per heavy atom. The maximum atomic E-state index is 5.55. The van der Waals surface area contributed by atoms with Crippen LogP contribution in [-0.2, 0) is 0 Å². The molecule has 0 aromatic carbocycles. The van der Waals surface area contributed by atoms with Crippen LogP contribution in [-0.4, -0.2) is 12.6 Å². The van der Waals surface area contributed by atoms with Crippen LogP contribution in [0.2, 0.25) is 0 Å². The van der Waals surface area contributed by atoms with Gasteiger partial charge in [0.2, 0.25) is 0 Å². The van der Waals surface area contributed by atoms with Gasteiger partial charge in [0.25, 0.3) is 0 Å². The monoisotopic (exact) mass is 127 g/mol. The lowest BCUT2D eigenvalue weighted by Gasteiger charge is -2.08. The van der Waals surface area contributed by atoms with E-state index >= 15 is 0 Å². The summed E-state index contributed by atoms with van der Waals surface area (Å²) < 4.78 is 0. The van der Waals surface area contributed by atoms with Gasteiger partial charge in [-0.3, -0.25) is 0 Å². The normalized spacial score (nSPS) is 28.9. The molecule has 52 valence electrons. The van der Waals surface area contributed by atoms with E-state index in [1.54, 1.807) is 0 Å². The second-order valence-corrected chi connectivity index (χ2v) is 2.32. The standard InChI is InChI=1S/C6H13N3/c7-4-5(8)6-2-1-3-9-6/h4,6,9H,1-3,7-8H2/b5-4+. The second kappa shape index (κ2) is 2.73. The topological polar surface area (TPSA) is 64.1 Å². The summed E-state index contributed by atoms with van der Waals surface area (Å²) in [6.45, 7) is 1.07. The van der Waals surface area contributed by atoms with Gasteiger partial charge in [-0.1, -0.05) is 0 Å². The van der Waals surface area contributed by atoms with Gasteiger partial charge in [0.05, 0.1) is 0 Å². The van der Waals surface area contributed by atoms with E-state index in [0.29, 0.717) is 6.04 Å². The molecule has 1 aliphatic rings. The number of hydrogen-bond acceptors (Lipinski definition) is 3. The van der Waals surface area contributed by atoms with Crippen LogP contribution in [0.5, 0.6) is 0 Å². The molecule has 0 aliphatic carbocycles. The van der Waals surface area contributed by atoms with Crippen LogP contribution < -0.4 is 16.8 Å². The number of rotatable bonds is 1. The Morgan fingerprint density at radius 1 is 1.67 bits per heavy atom. The number of nitrogens with one attached hydrogen (secondary N) is 1. The summed E-state index contributed by atoms with van der Waals surface area (Å²) in [4.78, 5) is 0. The van der Waals surface area contributed by atoms with Gasteiger partial charge >= 0.3 is 0 Å². The van der Waals surface area contributed by atoms with Crippen molar-refractivity contribution in [2.24, 2.45) is 11.5 Å². The highest BCUT2D eigenvalue weighted by molar-refractivity contribution is 5.06. The van der Waals surface area contributed by atoms with Crippen LogP contribution in [0.15, 0.2) is 11.9 Å².